The molecule has 158 valence electrons. The highest BCUT2D eigenvalue weighted by Gasteiger charge is 2.21. The molecule has 31 heavy (non-hydrogen) atoms. The van der Waals surface area contributed by atoms with Gasteiger partial charge in [0.2, 0.25) is 0 Å². The third-order valence-electron chi connectivity index (χ3n) is 5.38. The van der Waals surface area contributed by atoms with E-state index in [0.717, 1.165) is 16.8 Å². The second-order valence-electron chi connectivity index (χ2n) is 8.35. The Morgan fingerprint density at radius 3 is 2.45 bits per heavy atom. The molecule has 3 aromatic rings. The van der Waals surface area contributed by atoms with E-state index < -0.39 is 0 Å². The van der Waals surface area contributed by atoms with Gasteiger partial charge in [0.05, 0.1) is 6.04 Å². The fourth-order valence-corrected chi connectivity index (χ4v) is 3.68. The average Bonchev–Trinajstić information content (AvgIpc) is 3.59. The summed E-state index contributed by atoms with van der Waals surface area (Å²) in [6, 6.07) is 13.4. The predicted molar refractivity (Wildman–Crippen MR) is 121 cm³/mol. The molecule has 5 nitrogen and oxygen atoms in total. The number of aromatic nitrogens is 3. The molecular weight excluding hydrogens is 386 g/mol. The van der Waals surface area contributed by atoms with Crippen LogP contribution >= 0.6 is 0 Å². The molecule has 1 aromatic carbocycles. The van der Waals surface area contributed by atoms with Gasteiger partial charge in [0.25, 0.3) is 5.56 Å². The van der Waals surface area contributed by atoms with Crippen LogP contribution in [0.3, 0.4) is 0 Å². The van der Waals surface area contributed by atoms with E-state index in [-0.39, 0.29) is 24.1 Å². The Bertz CT molecular complexity index is 1150. The number of ether oxygens (including phenoxy) is 1. The van der Waals surface area contributed by atoms with Gasteiger partial charge in [-0.25, -0.2) is 9.97 Å². The Kier molecular flexibility index (Phi) is 6.18. The van der Waals surface area contributed by atoms with Crippen molar-refractivity contribution in [3.63, 3.8) is 0 Å². The topological polar surface area (TPSA) is 57.0 Å². The fraction of sp³-hybridized carbons (Fsp3) is 0.346. The molecule has 0 amide bonds. The van der Waals surface area contributed by atoms with E-state index in [1.807, 2.05) is 17.6 Å². The van der Waals surface area contributed by atoms with Crippen molar-refractivity contribution < 1.29 is 4.74 Å². The normalized spacial score (nSPS) is 14.1. The zero-order chi connectivity index (χ0) is 21.8. The second kappa shape index (κ2) is 9.18. The first kappa shape index (κ1) is 20.9. The summed E-state index contributed by atoms with van der Waals surface area (Å²) < 4.78 is 7.62. The number of rotatable bonds is 6. The number of hydrogen-bond donors (Lipinski definition) is 0. The summed E-state index contributed by atoms with van der Waals surface area (Å²) in [5.74, 6) is 8.48. The van der Waals surface area contributed by atoms with Gasteiger partial charge in [-0.1, -0.05) is 37.8 Å². The maximum absolute atomic E-state index is 13.1. The van der Waals surface area contributed by atoms with Gasteiger partial charge < -0.3 is 9.30 Å². The first-order valence-corrected chi connectivity index (χ1v) is 10.7. The standard InChI is InChI=1S/C26H27N3O2/c1-18(2)26(22-11-9-21(10-12-22)8-7-20-5-6-20)29-19(3)15-23(16-25(29)30)31-17-24-27-13-4-14-28-24/h4,9-16,18,20,26H,5-6,17H2,1-3H3/t26-/m1/s1. The van der Waals surface area contributed by atoms with Crippen LogP contribution in [0.15, 0.2) is 59.7 Å². The lowest BCUT2D eigenvalue weighted by Crippen LogP contribution is -2.30. The van der Waals surface area contributed by atoms with Crippen molar-refractivity contribution in [2.45, 2.75) is 46.3 Å². The molecule has 0 aliphatic heterocycles. The lowest BCUT2D eigenvalue weighted by atomic mass is 9.94. The minimum atomic E-state index is -0.0831. The van der Waals surface area contributed by atoms with Gasteiger partial charge in [0, 0.05) is 35.6 Å². The maximum Gasteiger partial charge on any atom is 0.255 e. The monoisotopic (exact) mass is 413 g/mol. The van der Waals surface area contributed by atoms with Gasteiger partial charge >= 0.3 is 0 Å². The fourth-order valence-electron chi connectivity index (χ4n) is 3.68. The van der Waals surface area contributed by atoms with E-state index in [1.165, 1.54) is 12.8 Å². The minimum Gasteiger partial charge on any atom is -0.485 e. The first-order valence-electron chi connectivity index (χ1n) is 10.7. The van der Waals surface area contributed by atoms with Gasteiger partial charge in [-0.3, -0.25) is 4.79 Å². The van der Waals surface area contributed by atoms with Crippen molar-refractivity contribution in [2.75, 3.05) is 0 Å². The predicted octanol–water partition coefficient (Wildman–Crippen LogP) is 4.53. The molecule has 0 spiro atoms. The Hall–Kier alpha value is -3.39. The van der Waals surface area contributed by atoms with Crippen molar-refractivity contribution >= 4 is 0 Å². The van der Waals surface area contributed by atoms with E-state index in [1.54, 1.807) is 24.5 Å². The van der Waals surface area contributed by atoms with Crippen molar-refractivity contribution in [1.82, 2.24) is 14.5 Å². The molecule has 1 saturated carbocycles. The molecule has 0 bridgehead atoms. The molecule has 0 saturated heterocycles. The molecule has 2 aromatic heterocycles. The van der Waals surface area contributed by atoms with E-state index in [4.69, 9.17) is 4.74 Å². The van der Waals surface area contributed by atoms with E-state index in [0.29, 0.717) is 17.5 Å². The smallest absolute Gasteiger partial charge is 0.255 e. The van der Waals surface area contributed by atoms with E-state index in [2.05, 4.69) is 59.9 Å². The molecular formula is C26H27N3O2. The van der Waals surface area contributed by atoms with Gasteiger partial charge in [0.1, 0.15) is 12.4 Å². The summed E-state index contributed by atoms with van der Waals surface area (Å²) in [5, 5.41) is 0. The quantitative estimate of drug-likeness (QED) is 0.557. The summed E-state index contributed by atoms with van der Waals surface area (Å²) in [5.41, 5.74) is 2.89. The molecule has 1 aliphatic rings. The van der Waals surface area contributed by atoms with Crippen LogP contribution in [-0.4, -0.2) is 14.5 Å². The average molecular weight is 414 g/mol. The minimum absolute atomic E-state index is 0.0653. The number of aryl methyl sites for hydroxylation is 1. The summed E-state index contributed by atoms with van der Waals surface area (Å²) in [4.78, 5) is 21.4. The third kappa shape index (κ3) is 5.21. The lowest BCUT2D eigenvalue weighted by molar-refractivity contribution is 0.293. The van der Waals surface area contributed by atoms with Crippen LogP contribution in [0.1, 0.15) is 55.4 Å². The summed E-state index contributed by atoms with van der Waals surface area (Å²) >= 11 is 0. The van der Waals surface area contributed by atoms with Crippen LogP contribution in [-0.2, 0) is 6.61 Å². The van der Waals surface area contributed by atoms with Gasteiger partial charge in [-0.2, -0.15) is 0 Å². The number of benzene rings is 1. The van der Waals surface area contributed by atoms with Gasteiger partial charge in [-0.05, 0) is 55.5 Å². The van der Waals surface area contributed by atoms with E-state index in [9.17, 15) is 4.79 Å². The highest BCUT2D eigenvalue weighted by molar-refractivity contribution is 5.38. The van der Waals surface area contributed by atoms with Crippen LogP contribution in [0.5, 0.6) is 5.75 Å². The molecule has 1 aliphatic carbocycles. The van der Waals surface area contributed by atoms with E-state index >= 15 is 0 Å². The highest BCUT2D eigenvalue weighted by atomic mass is 16.5. The van der Waals surface area contributed by atoms with Crippen molar-refractivity contribution in [3.05, 3.63) is 87.9 Å². The highest BCUT2D eigenvalue weighted by Crippen LogP contribution is 2.29. The zero-order valence-electron chi connectivity index (χ0n) is 18.2. The molecule has 2 heterocycles. The first-order chi connectivity index (χ1) is 15.0. The number of hydrogen-bond acceptors (Lipinski definition) is 4. The van der Waals surface area contributed by atoms with Crippen LogP contribution in [0.2, 0.25) is 0 Å². The molecule has 0 N–H and O–H groups in total. The summed E-state index contributed by atoms with van der Waals surface area (Å²) in [7, 11) is 0. The largest absolute Gasteiger partial charge is 0.485 e. The van der Waals surface area contributed by atoms with Crippen LogP contribution in [0, 0.1) is 30.6 Å². The molecule has 1 atom stereocenters. The second-order valence-corrected chi connectivity index (χ2v) is 8.35. The zero-order valence-corrected chi connectivity index (χ0v) is 18.2. The Labute approximate surface area is 183 Å². The Balaban J connectivity index is 1.58. The van der Waals surface area contributed by atoms with Crippen molar-refractivity contribution in [1.29, 1.82) is 0 Å². The summed E-state index contributed by atoms with van der Waals surface area (Å²) in [6.45, 7) is 6.43. The van der Waals surface area contributed by atoms with Crippen LogP contribution in [0.4, 0.5) is 0 Å². The van der Waals surface area contributed by atoms with Crippen LogP contribution < -0.4 is 10.3 Å². The maximum atomic E-state index is 13.1. The molecule has 0 radical (unpaired) electrons. The number of nitrogens with zero attached hydrogens (tertiary/aromatic N) is 3. The SMILES string of the molecule is Cc1cc(OCc2ncccn2)cc(=O)n1[C@@H](c1ccc(C#CC2CC2)cc1)C(C)C. The Morgan fingerprint density at radius 2 is 1.84 bits per heavy atom. The summed E-state index contributed by atoms with van der Waals surface area (Å²) in [6.07, 6.45) is 5.79. The van der Waals surface area contributed by atoms with Crippen molar-refractivity contribution in [3.8, 4) is 17.6 Å². The Morgan fingerprint density at radius 1 is 1.13 bits per heavy atom. The van der Waals surface area contributed by atoms with Gasteiger partial charge in [-0.15, -0.1) is 0 Å². The van der Waals surface area contributed by atoms with Gasteiger partial charge in [0.15, 0.2) is 5.82 Å². The molecule has 0 unspecified atom stereocenters. The van der Waals surface area contributed by atoms with Crippen molar-refractivity contribution in [2.24, 2.45) is 11.8 Å². The molecule has 1 fully saturated rings. The third-order valence-corrected chi connectivity index (χ3v) is 5.38. The van der Waals surface area contributed by atoms with Crippen LogP contribution in [0.25, 0.3) is 0 Å². The lowest BCUT2D eigenvalue weighted by Gasteiger charge is -2.26. The molecule has 4 rings (SSSR count). The number of pyridine rings is 1. The molecule has 5 heteroatoms.